The minimum atomic E-state index is -3.70. The number of benzene rings is 1. The number of carbonyl (C=O) groups is 1. The first kappa shape index (κ1) is 21.1. The number of aliphatic hydroxyl groups excluding tert-OH is 1. The normalized spacial score (nSPS) is 13.0. The molecule has 3 N–H and O–H groups in total. The zero-order valence-electron chi connectivity index (χ0n) is 15.9. The Bertz CT molecular complexity index is 885. The van der Waals surface area contributed by atoms with E-state index in [0.29, 0.717) is 22.8 Å². The smallest absolute Gasteiger partial charge is 0.240 e. The van der Waals surface area contributed by atoms with E-state index in [0.717, 1.165) is 0 Å². The Morgan fingerprint density at radius 2 is 1.81 bits per heavy atom. The van der Waals surface area contributed by atoms with E-state index in [4.69, 9.17) is 4.42 Å². The molecule has 0 radical (unpaired) electrons. The fourth-order valence-electron chi connectivity index (χ4n) is 2.55. The summed E-state index contributed by atoms with van der Waals surface area (Å²) in [5.41, 5.74) is 1.20. The third-order valence-corrected chi connectivity index (χ3v) is 5.58. The van der Waals surface area contributed by atoms with Gasteiger partial charge in [0.1, 0.15) is 11.5 Å². The van der Waals surface area contributed by atoms with Gasteiger partial charge in [0.2, 0.25) is 15.9 Å². The molecular formula is C19H26N2O5S. The first-order chi connectivity index (χ1) is 12.6. The number of nitrogens with one attached hydrogen (secondary N) is 2. The van der Waals surface area contributed by atoms with Gasteiger partial charge in [-0.05, 0) is 50.6 Å². The summed E-state index contributed by atoms with van der Waals surface area (Å²) >= 11 is 0. The predicted molar refractivity (Wildman–Crippen MR) is 103 cm³/mol. The molecule has 0 aliphatic carbocycles. The van der Waals surface area contributed by atoms with E-state index in [1.165, 1.54) is 12.1 Å². The van der Waals surface area contributed by atoms with Crippen molar-refractivity contribution in [3.8, 4) is 0 Å². The third kappa shape index (κ3) is 5.66. The Morgan fingerprint density at radius 3 is 2.33 bits per heavy atom. The molecule has 1 aromatic carbocycles. The Kier molecular flexibility index (Phi) is 6.80. The van der Waals surface area contributed by atoms with Crippen molar-refractivity contribution in [3.05, 3.63) is 47.4 Å². The van der Waals surface area contributed by atoms with Crippen LogP contribution in [0.3, 0.4) is 0 Å². The number of aliphatic hydroxyl groups is 1. The fraction of sp³-hybridized carbons (Fsp3) is 0.421. The molecule has 0 bridgehead atoms. The summed E-state index contributed by atoms with van der Waals surface area (Å²) in [5.74, 6) is 1.03. The summed E-state index contributed by atoms with van der Waals surface area (Å²) in [6.45, 7) is 7.19. The minimum Gasteiger partial charge on any atom is -0.466 e. The van der Waals surface area contributed by atoms with Crippen LogP contribution in [0.1, 0.15) is 43.5 Å². The number of carbonyl (C=O) groups excluding carboxylic acids is 1. The highest BCUT2D eigenvalue weighted by Crippen LogP contribution is 2.23. The van der Waals surface area contributed by atoms with Crippen molar-refractivity contribution in [1.29, 1.82) is 0 Å². The maximum absolute atomic E-state index is 12.4. The van der Waals surface area contributed by atoms with Gasteiger partial charge < -0.3 is 14.8 Å². The van der Waals surface area contributed by atoms with Crippen LogP contribution >= 0.6 is 0 Å². The van der Waals surface area contributed by atoms with Gasteiger partial charge in [0.15, 0.2) is 0 Å². The average Bonchev–Trinajstić information content (AvgIpc) is 2.93. The van der Waals surface area contributed by atoms with E-state index in [2.05, 4.69) is 10.0 Å². The molecule has 7 nitrogen and oxygen atoms in total. The van der Waals surface area contributed by atoms with Gasteiger partial charge in [0.05, 0.1) is 11.0 Å². The molecule has 2 rings (SSSR count). The molecule has 8 heteroatoms. The summed E-state index contributed by atoms with van der Waals surface area (Å²) in [6.07, 6.45) is -0.583. The Hall–Kier alpha value is -2.16. The number of aryl methyl sites for hydroxylation is 2. The molecule has 0 saturated heterocycles. The second-order valence-corrected chi connectivity index (χ2v) is 8.51. The Labute approximate surface area is 159 Å². The van der Waals surface area contributed by atoms with Crippen LogP contribution in [-0.4, -0.2) is 26.0 Å². The summed E-state index contributed by atoms with van der Waals surface area (Å²) in [7, 11) is -3.70. The molecule has 27 heavy (non-hydrogen) atoms. The minimum absolute atomic E-state index is 0.0823. The molecule has 148 valence electrons. The molecule has 2 aromatic rings. The van der Waals surface area contributed by atoms with Crippen molar-refractivity contribution in [2.24, 2.45) is 5.92 Å². The first-order valence-corrected chi connectivity index (χ1v) is 10.2. The fourth-order valence-corrected chi connectivity index (χ4v) is 3.60. The molecule has 0 unspecified atom stereocenters. The summed E-state index contributed by atoms with van der Waals surface area (Å²) in [5, 5.41) is 12.9. The van der Waals surface area contributed by atoms with Crippen LogP contribution in [0.25, 0.3) is 0 Å². The van der Waals surface area contributed by atoms with E-state index >= 15 is 0 Å². The van der Waals surface area contributed by atoms with Gasteiger partial charge in [0.25, 0.3) is 0 Å². The second-order valence-electron chi connectivity index (χ2n) is 6.74. The van der Waals surface area contributed by atoms with Crippen LogP contribution in [0.5, 0.6) is 0 Å². The van der Waals surface area contributed by atoms with Gasteiger partial charge in [-0.2, -0.15) is 0 Å². The number of furan rings is 1. The molecule has 1 atom stereocenters. The van der Waals surface area contributed by atoms with Gasteiger partial charge in [-0.3, -0.25) is 4.79 Å². The molecule has 0 saturated carbocycles. The maximum Gasteiger partial charge on any atom is 0.240 e. The van der Waals surface area contributed by atoms with E-state index < -0.39 is 16.1 Å². The van der Waals surface area contributed by atoms with Crippen LogP contribution < -0.4 is 10.0 Å². The average molecular weight is 394 g/mol. The number of rotatable bonds is 8. The van der Waals surface area contributed by atoms with Crippen LogP contribution in [0.2, 0.25) is 0 Å². The van der Waals surface area contributed by atoms with Crippen molar-refractivity contribution in [3.63, 3.8) is 0 Å². The van der Waals surface area contributed by atoms with E-state index in [-0.39, 0.29) is 29.7 Å². The molecule has 1 amide bonds. The van der Waals surface area contributed by atoms with Crippen molar-refractivity contribution in [2.75, 3.05) is 11.9 Å². The summed E-state index contributed by atoms with van der Waals surface area (Å²) < 4.78 is 32.6. The van der Waals surface area contributed by atoms with Gasteiger partial charge >= 0.3 is 0 Å². The standard InChI is InChI=1S/C19H26N2O5S/c1-12(2)19(23)21-15-5-7-16(8-6-15)27(24,25)20-10-9-18(22)17-11-13(3)26-14(17)4/h5-8,11-12,18,20,22H,9-10H2,1-4H3,(H,21,23)/t18-/m1/s1. The second kappa shape index (κ2) is 8.69. The van der Waals surface area contributed by atoms with Crippen molar-refractivity contribution >= 4 is 21.6 Å². The van der Waals surface area contributed by atoms with Crippen LogP contribution in [0, 0.1) is 19.8 Å². The van der Waals surface area contributed by atoms with Crippen molar-refractivity contribution in [1.82, 2.24) is 4.72 Å². The van der Waals surface area contributed by atoms with Gasteiger partial charge in [-0.25, -0.2) is 13.1 Å². The lowest BCUT2D eigenvalue weighted by molar-refractivity contribution is -0.118. The molecular weight excluding hydrogens is 368 g/mol. The molecule has 1 aromatic heterocycles. The zero-order chi connectivity index (χ0) is 20.2. The molecule has 1 heterocycles. The van der Waals surface area contributed by atoms with Gasteiger partial charge in [0, 0.05) is 23.7 Å². The monoisotopic (exact) mass is 394 g/mol. The van der Waals surface area contributed by atoms with Crippen LogP contribution in [0.15, 0.2) is 39.6 Å². The van der Waals surface area contributed by atoms with Crippen LogP contribution in [-0.2, 0) is 14.8 Å². The largest absolute Gasteiger partial charge is 0.466 e. The lowest BCUT2D eigenvalue weighted by Crippen LogP contribution is -2.26. The summed E-state index contributed by atoms with van der Waals surface area (Å²) in [6, 6.07) is 7.69. The van der Waals surface area contributed by atoms with E-state index in [1.54, 1.807) is 45.9 Å². The highest BCUT2D eigenvalue weighted by Gasteiger charge is 2.18. The molecule has 0 fully saturated rings. The number of anilines is 1. The number of amides is 1. The topological polar surface area (TPSA) is 109 Å². The maximum atomic E-state index is 12.4. The highest BCUT2D eigenvalue weighted by atomic mass is 32.2. The molecule has 0 aliphatic heterocycles. The number of hydrogen-bond donors (Lipinski definition) is 3. The Morgan fingerprint density at radius 1 is 1.19 bits per heavy atom. The summed E-state index contributed by atoms with van der Waals surface area (Å²) in [4.78, 5) is 11.8. The van der Waals surface area contributed by atoms with Gasteiger partial charge in [-0.15, -0.1) is 0 Å². The quantitative estimate of drug-likeness (QED) is 0.638. The molecule has 0 aliphatic rings. The Balaban J connectivity index is 1.94. The highest BCUT2D eigenvalue weighted by molar-refractivity contribution is 7.89. The first-order valence-electron chi connectivity index (χ1n) is 8.75. The van der Waals surface area contributed by atoms with Crippen molar-refractivity contribution in [2.45, 2.75) is 45.1 Å². The lowest BCUT2D eigenvalue weighted by atomic mass is 10.1. The van der Waals surface area contributed by atoms with Crippen LogP contribution in [0.4, 0.5) is 5.69 Å². The lowest BCUT2D eigenvalue weighted by Gasteiger charge is -2.12. The zero-order valence-corrected chi connectivity index (χ0v) is 16.8. The van der Waals surface area contributed by atoms with E-state index in [9.17, 15) is 18.3 Å². The third-order valence-electron chi connectivity index (χ3n) is 4.10. The number of sulfonamides is 1. The van der Waals surface area contributed by atoms with Gasteiger partial charge in [-0.1, -0.05) is 13.8 Å². The molecule has 0 spiro atoms. The number of hydrogen-bond acceptors (Lipinski definition) is 5. The SMILES string of the molecule is Cc1cc([C@H](O)CCNS(=O)(=O)c2ccc(NC(=O)C(C)C)cc2)c(C)o1. The predicted octanol–water partition coefficient (Wildman–Crippen LogP) is 2.89. The van der Waals surface area contributed by atoms with Crippen molar-refractivity contribution < 1.29 is 22.7 Å². The van der Waals surface area contributed by atoms with E-state index in [1.807, 2.05) is 0 Å².